The van der Waals surface area contributed by atoms with Crippen LogP contribution in [0.4, 0.5) is 4.39 Å². The van der Waals surface area contributed by atoms with Crippen LogP contribution in [0.2, 0.25) is 0 Å². The van der Waals surface area contributed by atoms with Gasteiger partial charge < -0.3 is 20.1 Å². The quantitative estimate of drug-likeness (QED) is 0.609. The number of amides is 1. The summed E-state index contributed by atoms with van der Waals surface area (Å²) in [6, 6.07) is 5.78. The summed E-state index contributed by atoms with van der Waals surface area (Å²) in [5.41, 5.74) is 2.18. The third-order valence-corrected chi connectivity index (χ3v) is 6.75. The number of pyridine rings is 1. The fraction of sp³-hybridized carbons (Fsp3) is 0.480. The number of ether oxygens (including phenoxy) is 1. The normalized spacial score (nSPS) is 23.4. The Morgan fingerprint density at radius 2 is 2.09 bits per heavy atom. The van der Waals surface area contributed by atoms with Crippen LogP contribution in [0.5, 0.6) is 5.75 Å². The Morgan fingerprint density at radius 3 is 2.82 bits per heavy atom. The number of rotatable bonds is 3. The molecule has 3 aromatic rings. The molecule has 2 aromatic heterocycles. The molecular formula is C25H30FN5O3. The van der Waals surface area contributed by atoms with Crippen LogP contribution < -0.4 is 5.32 Å². The zero-order chi connectivity index (χ0) is 24.0. The maximum Gasteiger partial charge on any atom is 0.255 e. The van der Waals surface area contributed by atoms with E-state index < -0.39 is 5.82 Å². The number of phenolic OH excluding ortho intramolecular Hbond substituents is 1. The highest BCUT2D eigenvalue weighted by Gasteiger charge is 2.31. The minimum Gasteiger partial charge on any atom is -0.508 e. The van der Waals surface area contributed by atoms with E-state index >= 15 is 0 Å². The smallest absolute Gasteiger partial charge is 0.255 e. The summed E-state index contributed by atoms with van der Waals surface area (Å²) in [5.74, 6) is -0.897. The van der Waals surface area contributed by atoms with Gasteiger partial charge in [0, 0.05) is 43.4 Å². The van der Waals surface area contributed by atoms with Crippen molar-refractivity contribution in [2.24, 2.45) is 0 Å². The van der Waals surface area contributed by atoms with E-state index in [2.05, 4.69) is 12.2 Å². The van der Waals surface area contributed by atoms with Gasteiger partial charge in [0.05, 0.1) is 22.3 Å². The molecule has 180 valence electrons. The van der Waals surface area contributed by atoms with E-state index in [-0.39, 0.29) is 35.5 Å². The van der Waals surface area contributed by atoms with Gasteiger partial charge in [-0.15, -0.1) is 0 Å². The predicted molar refractivity (Wildman–Crippen MR) is 126 cm³/mol. The van der Waals surface area contributed by atoms with Crippen LogP contribution in [-0.4, -0.2) is 62.5 Å². The molecule has 0 saturated carbocycles. The number of hydrogen-bond donors (Lipinski definition) is 2. The minimum absolute atomic E-state index is 0.0119. The molecule has 2 N–H and O–H groups in total. The molecule has 2 aliphatic heterocycles. The molecule has 34 heavy (non-hydrogen) atoms. The molecule has 0 bridgehead atoms. The molecular weight excluding hydrogens is 437 g/mol. The lowest BCUT2D eigenvalue weighted by Crippen LogP contribution is -2.56. The number of nitrogens with one attached hydrogen (secondary N) is 1. The van der Waals surface area contributed by atoms with E-state index in [1.54, 1.807) is 10.7 Å². The number of aromatic nitrogens is 3. The van der Waals surface area contributed by atoms with Gasteiger partial charge in [0.2, 0.25) is 0 Å². The number of aryl methyl sites for hydroxylation is 1. The topological polar surface area (TPSA) is 92.5 Å². The molecule has 2 fully saturated rings. The van der Waals surface area contributed by atoms with Crippen LogP contribution in [0.15, 0.2) is 24.3 Å². The van der Waals surface area contributed by atoms with Crippen molar-refractivity contribution in [1.82, 2.24) is 25.0 Å². The molecule has 8 nitrogen and oxygen atoms in total. The van der Waals surface area contributed by atoms with Gasteiger partial charge >= 0.3 is 0 Å². The van der Waals surface area contributed by atoms with Gasteiger partial charge in [-0.2, -0.15) is 5.10 Å². The summed E-state index contributed by atoms with van der Waals surface area (Å²) in [6.45, 7) is 7.85. The largest absolute Gasteiger partial charge is 0.508 e. The van der Waals surface area contributed by atoms with Crippen LogP contribution >= 0.6 is 0 Å². The standard InChI is InChI=1S/C25H30FN5O3/c1-14-13-30(15(2)12-27-14)25(33)19-11-21(18-8-7-17(32)10-20(18)26)28-24-23(19)16(3)29-31(24)22-6-4-5-9-34-22/h7-8,10-11,14-15,22,27,32H,4-6,9,12-13H2,1-3H3/t14-,15+,22?/m1/s1. The van der Waals surface area contributed by atoms with Crippen LogP contribution in [-0.2, 0) is 4.74 Å². The van der Waals surface area contributed by atoms with Crippen molar-refractivity contribution in [2.75, 3.05) is 19.7 Å². The number of halogens is 1. The van der Waals surface area contributed by atoms with E-state index in [0.717, 1.165) is 25.3 Å². The Morgan fingerprint density at radius 1 is 1.26 bits per heavy atom. The second kappa shape index (κ2) is 8.96. The third kappa shape index (κ3) is 4.03. The maximum atomic E-state index is 14.8. The fourth-order valence-electron chi connectivity index (χ4n) is 4.91. The van der Waals surface area contributed by atoms with E-state index in [1.165, 1.54) is 12.1 Å². The van der Waals surface area contributed by atoms with Gasteiger partial charge in [0.1, 0.15) is 11.6 Å². The average molecular weight is 468 g/mol. The Bertz CT molecular complexity index is 1240. The van der Waals surface area contributed by atoms with Crippen LogP contribution in [0.1, 0.15) is 55.4 Å². The first-order chi connectivity index (χ1) is 16.3. The second-order valence-corrected chi connectivity index (χ2v) is 9.38. The summed E-state index contributed by atoms with van der Waals surface area (Å²) in [7, 11) is 0. The number of aromatic hydroxyl groups is 1. The van der Waals surface area contributed by atoms with Gasteiger partial charge in [-0.3, -0.25) is 4.79 Å². The minimum atomic E-state index is -0.605. The predicted octanol–water partition coefficient (Wildman–Crippen LogP) is 3.77. The van der Waals surface area contributed by atoms with Gasteiger partial charge in [0.25, 0.3) is 5.91 Å². The molecule has 0 spiro atoms. The molecule has 5 rings (SSSR count). The number of nitrogens with zero attached hydrogens (tertiary/aromatic N) is 4. The average Bonchev–Trinajstić information content (AvgIpc) is 3.16. The number of fused-ring (bicyclic) bond motifs is 1. The summed E-state index contributed by atoms with van der Waals surface area (Å²) in [4.78, 5) is 20.5. The molecule has 3 atom stereocenters. The van der Waals surface area contributed by atoms with Gasteiger partial charge in [-0.1, -0.05) is 0 Å². The summed E-state index contributed by atoms with van der Waals surface area (Å²) >= 11 is 0. The number of hydrogen-bond acceptors (Lipinski definition) is 6. The molecule has 1 unspecified atom stereocenters. The molecule has 1 aromatic carbocycles. The van der Waals surface area contributed by atoms with E-state index in [0.29, 0.717) is 47.7 Å². The molecule has 0 aliphatic carbocycles. The SMILES string of the molecule is Cc1nn(C2CCCCO2)c2nc(-c3ccc(O)cc3F)cc(C(=O)N3C[C@@H](C)NC[C@@H]3C)c12. The van der Waals surface area contributed by atoms with E-state index in [4.69, 9.17) is 14.8 Å². The van der Waals surface area contributed by atoms with Crippen molar-refractivity contribution in [2.45, 2.75) is 58.3 Å². The number of phenols is 1. The van der Waals surface area contributed by atoms with Crippen LogP contribution in [0.3, 0.4) is 0 Å². The first-order valence-corrected chi connectivity index (χ1v) is 11.9. The van der Waals surface area contributed by atoms with E-state index in [9.17, 15) is 14.3 Å². The van der Waals surface area contributed by atoms with Gasteiger partial charge in [0.15, 0.2) is 11.9 Å². The first kappa shape index (κ1) is 22.7. The molecule has 0 radical (unpaired) electrons. The second-order valence-electron chi connectivity index (χ2n) is 9.38. The summed E-state index contributed by atoms with van der Waals surface area (Å²) < 4.78 is 22.6. The highest BCUT2D eigenvalue weighted by atomic mass is 19.1. The molecule has 4 heterocycles. The Kier molecular flexibility index (Phi) is 5.99. The van der Waals surface area contributed by atoms with Crippen molar-refractivity contribution >= 4 is 16.9 Å². The Hall–Kier alpha value is -3.04. The fourth-order valence-corrected chi connectivity index (χ4v) is 4.91. The lowest BCUT2D eigenvalue weighted by molar-refractivity contribution is -0.0371. The summed E-state index contributed by atoms with van der Waals surface area (Å²) in [5, 5.41) is 18.5. The lowest BCUT2D eigenvalue weighted by atomic mass is 10.0. The number of carbonyl (C=O) groups is 1. The highest BCUT2D eigenvalue weighted by Crippen LogP contribution is 2.34. The van der Waals surface area contributed by atoms with Crippen molar-refractivity contribution in [3.05, 3.63) is 41.3 Å². The third-order valence-electron chi connectivity index (χ3n) is 6.75. The monoisotopic (exact) mass is 467 g/mol. The van der Waals surface area contributed by atoms with Crippen molar-refractivity contribution < 1.29 is 19.0 Å². The van der Waals surface area contributed by atoms with E-state index in [1.807, 2.05) is 18.7 Å². The molecule has 2 saturated heterocycles. The van der Waals surface area contributed by atoms with Gasteiger partial charge in [-0.05, 0) is 58.2 Å². The first-order valence-electron chi connectivity index (χ1n) is 11.9. The maximum absolute atomic E-state index is 14.8. The molecule has 1 amide bonds. The zero-order valence-corrected chi connectivity index (χ0v) is 19.7. The summed E-state index contributed by atoms with van der Waals surface area (Å²) in [6.07, 6.45) is 2.53. The molecule has 2 aliphatic rings. The Labute approximate surface area is 197 Å². The van der Waals surface area contributed by atoms with Crippen molar-refractivity contribution in [3.63, 3.8) is 0 Å². The zero-order valence-electron chi connectivity index (χ0n) is 19.7. The Balaban J connectivity index is 1.71. The molecule has 9 heteroatoms. The van der Waals surface area contributed by atoms with Gasteiger partial charge in [-0.25, -0.2) is 14.1 Å². The number of carbonyl (C=O) groups excluding carboxylic acids is 1. The lowest BCUT2D eigenvalue weighted by Gasteiger charge is -2.37. The number of benzene rings is 1. The van der Waals surface area contributed by atoms with Crippen LogP contribution in [0.25, 0.3) is 22.3 Å². The van der Waals surface area contributed by atoms with Crippen molar-refractivity contribution in [3.8, 4) is 17.0 Å². The van der Waals surface area contributed by atoms with Crippen molar-refractivity contribution in [1.29, 1.82) is 0 Å². The highest BCUT2D eigenvalue weighted by molar-refractivity contribution is 6.07. The van der Waals surface area contributed by atoms with Crippen LogP contribution in [0, 0.1) is 12.7 Å². The number of piperazine rings is 1.